The van der Waals surface area contributed by atoms with Crippen LogP contribution in [0.5, 0.6) is 11.5 Å². The molecule has 2 aliphatic rings. The predicted molar refractivity (Wildman–Crippen MR) is 118 cm³/mol. The molecule has 3 heterocycles. The first kappa shape index (κ1) is 20.3. The van der Waals surface area contributed by atoms with Crippen LogP contribution in [0.4, 0.5) is 5.69 Å². The van der Waals surface area contributed by atoms with Crippen molar-refractivity contribution >= 4 is 11.6 Å². The molecule has 0 spiro atoms. The van der Waals surface area contributed by atoms with Crippen molar-refractivity contribution in [1.29, 1.82) is 0 Å². The number of likely N-dealkylation sites (tertiary alicyclic amines) is 1. The van der Waals surface area contributed by atoms with Crippen molar-refractivity contribution in [1.82, 2.24) is 19.2 Å². The molecule has 5 rings (SSSR count). The Morgan fingerprint density at radius 3 is 2.62 bits per heavy atom. The smallest absolute Gasteiger partial charge is 0.350 e. The first-order chi connectivity index (χ1) is 15.6. The van der Waals surface area contributed by atoms with Crippen molar-refractivity contribution in [2.75, 3.05) is 31.7 Å². The van der Waals surface area contributed by atoms with Crippen LogP contribution in [0.15, 0.2) is 53.3 Å². The molecule has 0 atom stereocenters. The molecule has 1 aromatic heterocycles. The number of nitrogens with one attached hydrogen (secondary N) is 1. The number of hydrogen-bond acceptors (Lipinski definition) is 6. The second kappa shape index (κ2) is 8.51. The largest absolute Gasteiger partial charge is 0.454 e. The highest BCUT2D eigenvalue weighted by molar-refractivity contribution is 5.92. The molecule has 9 nitrogen and oxygen atoms in total. The quantitative estimate of drug-likeness (QED) is 0.660. The van der Waals surface area contributed by atoms with Gasteiger partial charge in [0, 0.05) is 24.7 Å². The lowest BCUT2D eigenvalue weighted by molar-refractivity contribution is -0.117. The number of piperidine rings is 1. The van der Waals surface area contributed by atoms with Crippen molar-refractivity contribution in [3.63, 3.8) is 0 Å². The van der Waals surface area contributed by atoms with E-state index in [0.29, 0.717) is 23.7 Å². The highest BCUT2D eigenvalue weighted by Gasteiger charge is 2.27. The highest BCUT2D eigenvalue weighted by Crippen LogP contribution is 2.34. The van der Waals surface area contributed by atoms with Crippen molar-refractivity contribution in [3.8, 4) is 17.2 Å². The summed E-state index contributed by atoms with van der Waals surface area (Å²) in [6, 6.07) is 15.0. The Morgan fingerprint density at radius 1 is 1.09 bits per heavy atom. The Balaban J connectivity index is 1.21. The predicted octanol–water partition coefficient (Wildman–Crippen LogP) is 2.12. The molecule has 1 amide bonds. The summed E-state index contributed by atoms with van der Waals surface area (Å²) in [5.74, 6) is 2.21. The summed E-state index contributed by atoms with van der Waals surface area (Å²) in [5, 5.41) is 7.45. The van der Waals surface area contributed by atoms with Gasteiger partial charge in [0.25, 0.3) is 0 Å². The van der Waals surface area contributed by atoms with Gasteiger partial charge in [-0.1, -0.05) is 18.2 Å². The molecular formula is C23H25N5O4. The van der Waals surface area contributed by atoms with Gasteiger partial charge in [-0.2, -0.15) is 5.10 Å². The monoisotopic (exact) mass is 435 g/mol. The first-order valence-corrected chi connectivity index (χ1v) is 10.7. The Morgan fingerprint density at radius 2 is 1.84 bits per heavy atom. The van der Waals surface area contributed by atoms with E-state index in [4.69, 9.17) is 9.47 Å². The van der Waals surface area contributed by atoms with Gasteiger partial charge in [0.1, 0.15) is 5.82 Å². The standard InChI is InChI=1S/C23H25N5O4/c1-26-23(30)28(18-5-3-2-4-6-18)22(25-26)16-9-11-27(12-10-16)14-21(29)24-17-7-8-19-20(13-17)32-15-31-19/h2-8,13,16H,9-12,14-15H2,1H3,(H,24,29). The number of rotatable bonds is 5. The van der Waals surface area contributed by atoms with Gasteiger partial charge in [0.05, 0.1) is 12.2 Å². The second-order valence-corrected chi connectivity index (χ2v) is 8.10. The number of nitrogens with zero attached hydrogens (tertiary/aromatic N) is 4. The fraction of sp³-hybridized carbons (Fsp3) is 0.348. The summed E-state index contributed by atoms with van der Waals surface area (Å²) in [5.41, 5.74) is 1.37. The van der Waals surface area contributed by atoms with E-state index in [0.717, 1.165) is 37.4 Å². The van der Waals surface area contributed by atoms with Gasteiger partial charge in [-0.25, -0.2) is 14.0 Å². The molecular weight excluding hydrogens is 410 g/mol. The Kier molecular flexibility index (Phi) is 5.40. The van der Waals surface area contributed by atoms with E-state index in [-0.39, 0.29) is 24.3 Å². The maximum Gasteiger partial charge on any atom is 0.350 e. The van der Waals surface area contributed by atoms with Gasteiger partial charge in [0.2, 0.25) is 12.7 Å². The van der Waals surface area contributed by atoms with Crippen LogP contribution in [0.25, 0.3) is 5.69 Å². The maximum atomic E-state index is 12.7. The molecule has 0 unspecified atom stereocenters. The van der Waals surface area contributed by atoms with Crippen LogP contribution in [-0.4, -0.2) is 51.6 Å². The van der Waals surface area contributed by atoms with Gasteiger partial charge in [-0.15, -0.1) is 0 Å². The molecule has 1 fully saturated rings. The SMILES string of the molecule is Cn1nc(C2CCN(CC(=O)Nc3ccc4c(c3)OCO4)CC2)n(-c2ccccc2)c1=O. The van der Waals surface area contributed by atoms with Gasteiger partial charge < -0.3 is 14.8 Å². The molecule has 9 heteroatoms. The van der Waals surface area contributed by atoms with E-state index < -0.39 is 0 Å². The summed E-state index contributed by atoms with van der Waals surface area (Å²) >= 11 is 0. The van der Waals surface area contributed by atoms with Gasteiger partial charge in [-0.05, 0) is 50.2 Å². The number of benzene rings is 2. The summed E-state index contributed by atoms with van der Waals surface area (Å²) < 4.78 is 13.8. The van der Waals surface area contributed by atoms with Crippen LogP contribution < -0.4 is 20.5 Å². The van der Waals surface area contributed by atoms with E-state index in [1.807, 2.05) is 36.4 Å². The molecule has 166 valence electrons. The molecule has 2 aliphatic heterocycles. The minimum absolute atomic E-state index is 0.0682. The third-order valence-corrected chi connectivity index (χ3v) is 5.94. The highest BCUT2D eigenvalue weighted by atomic mass is 16.7. The van der Waals surface area contributed by atoms with Gasteiger partial charge in [-0.3, -0.25) is 9.69 Å². The topological polar surface area (TPSA) is 90.6 Å². The molecule has 3 aromatic rings. The van der Waals surface area contributed by atoms with Crippen LogP contribution in [0.3, 0.4) is 0 Å². The van der Waals surface area contributed by atoms with Crippen molar-refractivity contribution < 1.29 is 14.3 Å². The van der Waals surface area contributed by atoms with Gasteiger partial charge in [0.15, 0.2) is 11.5 Å². The minimum atomic E-state index is -0.142. The van der Waals surface area contributed by atoms with E-state index >= 15 is 0 Å². The van der Waals surface area contributed by atoms with Crippen LogP contribution in [-0.2, 0) is 11.8 Å². The first-order valence-electron chi connectivity index (χ1n) is 10.7. The number of anilines is 1. The summed E-state index contributed by atoms with van der Waals surface area (Å²) in [7, 11) is 1.68. The Hall–Kier alpha value is -3.59. The zero-order chi connectivity index (χ0) is 22.1. The van der Waals surface area contributed by atoms with E-state index in [9.17, 15) is 9.59 Å². The van der Waals surface area contributed by atoms with E-state index in [1.165, 1.54) is 4.68 Å². The Labute approximate surface area is 185 Å². The molecule has 32 heavy (non-hydrogen) atoms. The average Bonchev–Trinajstić information content (AvgIpc) is 3.39. The molecule has 2 aromatic carbocycles. The van der Waals surface area contributed by atoms with Crippen molar-refractivity contribution in [3.05, 3.63) is 64.8 Å². The van der Waals surface area contributed by atoms with E-state index in [1.54, 1.807) is 23.7 Å². The zero-order valence-corrected chi connectivity index (χ0v) is 17.9. The minimum Gasteiger partial charge on any atom is -0.454 e. The number of aromatic nitrogens is 3. The van der Waals surface area contributed by atoms with Gasteiger partial charge >= 0.3 is 5.69 Å². The molecule has 0 radical (unpaired) electrons. The molecule has 1 N–H and O–H groups in total. The van der Waals surface area contributed by atoms with Crippen LogP contribution >= 0.6 is 0 Å². The van der Waals surface area contributed by atoms with Crippen LogP contribution in [0.2, 0.25) is 0 Å². The molecule has 0 bridgehead atoms. The van der Waals surface area contributed by atoms with Crippen molar-refractivity contribution in [2.24, 2.45) is 7.05 Å². The number of ether oxygens (including phenoxy) is 2. The summed E-state index contributed by atoms with van der Waals surface area (Å²) in [6.07, 6.45) is 1.67. The van der Waals surface area contributed by atoms with Crippen LogP contribution in [0.1, 0.15) is 24.6 Å². The lowest BCUT2D eigenvalue weighted by Crippen LogP contribution is -2.39. The number of carbonyl (C=O) groups is 1. The third kappa shape index (κ3) is 3.99. The number of aryl methyl sites for hydroxylation is 1. The number of fused-ring (bicyclic) bond motifs is 1. The third-order valence-electron chi connectivity index (χ3n) is 5.94. The normalized spacial score (nSPS) is 16.3. The Bertz CT molecular complexity index is 1180. The van der Waals surface area contributed by atoms with Crippen LogP contribution in [0, 0.1) is 0 Å². The summed E-state index contributed by atoms with van der Waals surface area (Å²) in [6.45, 7) is 2.04. The zero-order valence-electron chi connectivity index (χ0n) is 17.9. The average molecular weight is 435 g/mol. The lowest BCUT2D eigenvalue weighted by Gasteiger charge is -2.31. The fourth-order valence-electron chi connectivity index (χ4n) is 4.30. The maximum absolute atomic E-state index is 12.7. The fourth-order valence-corrected chi connectivity index (χ4v) is 4.30. The number of amides is 1. The second-order valence-electron chi connectivity index (χ2n) is 8.10. The lowest BCUT2D eigenvalue weighted by atomic mass is 9.95. The number of para-hydroxylation sites is 1. The molecule has 1 saturated heterocycles. The van der Waals surface area contributed by atoms with E-state index in [2.05, 4.69) is 15.3 Å². The number of carbonyl (C=O) groups excluding carboxylic acids is 1. The number of hydrogen-bond donors (Lipinski definition) is 1. The molecule has 0 aliphatic carbocycles. The van der Waals surface area contributed by atoms with Crippen molar-refractivity contribution in [2.45, 2.75) is 18.8 Å². The summed E-state index contributed by atoms with van der Waals surface area (Å²) in [4.78, 5) is 27.3. The molecule has 0 saturated carbocycles.